The van der Waals surface area contributed by atoms with Gasteiger partial charge in [-0.25, -0.2) is 9.18 Å². The molecule has 0 saturated carbocycles. The molecule has 12 nitrogen and oxygen atoms in total. The van der Waals surface area contributed by atoms with Crippen molar-refractivity contribution in [3.63, 3.8) is 0 Å². The summed E-state index contributed by atoms with van der Waals surface area (Å²) in [5.41, 5.74) is 5.32. The molecule has 0 spiro atoms. The molecular formula is C49H49FN4O8S2. The number of aliphatic imine (C=N–C) groups is 1. The Hall–Kier alpha value is -6.06. The van der Waals surface area contributed by atoms with Crippen molar-refractivity contribution in [2.75, 3.05) is 59.6 Å². The molecule has 2 aromatic heterocycles. The number of hydrogen-bond acceptors (Lipinski definition) is 11. The Morgan fingerprint density at radius 2 is 1.56 bits per heavy atom. The molecule has 4 aromatic carbocycles. The number of rotatable bonds is 12. The Bertz CT molecular complexity index is 2900. The first-order chi connectivity index (χ1) is 31.1. The zero-order chi connectivity index (χ0) is 44.6. The van der Waals surface area contributed by atoms with Gasteiger partial charge in [0.15, 0.2) is 23.1 Å². The summed E-state index contributed by atoms with van der Waals surface area (Å²) in [6, 6.07) is 23.2. The Balaban J connectivity index is 0.994. The molecule has 6 aromatic rings. The van der Waals surface area contributed by atoms with Gasteiger partial charge in [0.1, 0.15) is 16.2 Å². The number of halogens is 1. The van der Waals surface area contributed by atoms with Gasteiger partial charge in [-0.15, -0.1) is 11.3 Å². The fourth-order valence-corrected chi connectivity index (χ4v) is 11.6. The van der Waals surface area contributed by atoms with Crippen LogP contribution in [0.25, 0.3) is 20.7 Å². The van der Waals surface area contributed by atoms with E-state index in [1.165, 1.54) is 45.3 Å². The van der Waals surface area contributed by atoms with Crippen molar-refractivity contribution in [2.45, 2.75) is 50.7 Å². The minimum Gasteiger partial charge on any atom is -0.497 e. The highest BCUT2D eigenvalue weighted by Gasteiger charge is 2.35. The number of fused-ring (bicyclic) bond motifs is 4. The number of likely N-dealkylation sites (tertiary alicyclic amines) is 1. The summed E-state index contributed by atoms with van der Waals surface area (Å²) in [6.07, 6.45) is 1.78. The van der Waals surface area contributed by atoms with Crippen LogP contribution in [0.5, 0.6) is 28.7 Å². The molecular weight excluding hydrogens is 856 g/mol. The number of hydrogen-bond donors (Lipinski definition) is 0. The van der Waals surface area contributed by atoms with Gasteiger partial charge in [0.2, 0.25) is 0 Å². The first-order valence-corrected chi connectivity index (χ1v) is 23.4. The van der Waals surface area contributed by atoms with E-state index in [0.717, 1.165) is 40.5 Å². The maximum absolute atomic E-state index is 14.9. The summed E-state index contributed by atoms with van der Waals surface area (Å²) in [6.45, 7) is 3.20. The van der Waals surface area contributed by atoms with Crippen molar-refractivity contribution in [2.24, 2.45) is 4.99 Å². The molecule has 332 valence electrons. The maximum Gasteiger partial charge on any atom is 0.332 e. The van der Waals surface area contributed by atoms with E-state index in [2.05, 4.69) is 6.07 Å². The number of benzene rings is 4. The summed E-state index contributed by atoms with van der Waals surface area (Å²) in [4.78, 5) is 50.9. The minimum atomic E-state index is -0.557. The number of thioether (sulfide) groups is 1. The number of piperidine rings is 1. The minimum absolute atomic E-state index is 0.00937. The molecule has 2 fully saturated rings. The summed E-state index contributed by atoms with van der Waals surface area (Å²) in [5, 5.41) is 0. The number of methoxy groups -OCH3 is 4. The molecule has 3 aliphatic rings. The zero-order valence-corrected chi connectivity index (χ0v) is 38.0. The van der Waals surface area contributed by atoms with Crippen molar-refractivity contribution in [3.8, 4) is 39.2 Å². The van der Waals surface area contributed by atoms with Gasteiger partial charge in [-0.05, 0) is 104 Å². The van der Waals surface area contributed by atoms with Crippen molar-refractivity contribution in [1.82, 2.24) is 14.0 Å². The third-order valence-corrected chi connectivity index (χ3v) is 14.8. The van der Waals surface area contributed by atoms with Crippen LogP contribution >= 0.6 is 23.1 Å². The number of amides is 1. The van der Waals surface area contributed by atoms with E-state index in [1.807, 2.05) is 55.1 Å². The van der Waals surface area contributed by atoms with Gasteiger partial charge in [0, 0.05) is 57.9 Å². The second kappa shape index (κ2) is 18.2. The van der Waals surface area contributed by atoms with Crippen LogP contribution in [-0.4, -0.2) is 91.3 Å². The fourth-order valence-electron chi connectivity index (χ4n) is 9.21. The van der Waals surface area contributed by atoms with Crippen molar-refractivity contribution in [1.29, 1.82) is 0 Å². The number of nitrogens with zero attached hydrogens (tertiary/aromatic N) is 4. The van der Waals surface area contributed by atoms with Crippen LogP contribution in [0.15, 0.2) is 93.4 Å². The monoisotopic (exact) mass is 904 g/mol. The van der Waals surface area contributed by atoms with Crippen LogP contribution in [-0.2, 0) is 6.54 Å². The highest BCUT2D eigenvalue weighted by Crippen LogP contribution is 2.44. The molecule has 2 atom stereocenters. The van der Waals surface area contributed by atoms with E-state index in [-0.39, 0.29) is 30.2 Å². The van der Waals surface area contributed by atoms with Gasteiger partial charge in [-0.3, -0.25) is 23.7 Å². The lowest BCUT2D eigenvalue weighted by molar-refractivity contribution is 0.0691. The smallest absolute Gasteiger partial charge is 0.332 e. The standard InChI is InChI=1S/C49H49FN4O8S2/c1-6-62-43-23-33-34(24-42(43)61-5)45(51-38-17-20-63-27-36(33)38)29-8-10-30(11-9-29)47(55)52-18-15-31(16-19-52)54-48(56)46-39(25-44(64-46)35-22-32(58-2)12-14-40(35)59-3)53(49(54)57)26-28-7-13-41(60-4)37(50)21-28/h7-14,21-25,31,36,38H,6,15-20,26-27H2,1-5H3/t36-,38-/m1/s1. The molecule has 3 aliphatic heterocycles. The van der Waals surface area contributed by atoms with Crippen LogP contribution in [0.4, 0.5) is 4.39 Å². The number of carbonyl (C=O) groups excluding carboxylic acids is 1. The summed E-state index contributed by atoms with van der Waals surface area (Å²) in [7, 11) is 6.18. The molecule has 15 heteroatoms. The molecule has 0 aliphatic carbocycles. The molecule has 1 amide bonds. The average molecular weight is 905 g/mol. The van der Waals surface area contributed by atoms with Crippen LogP contribution in [0.2, 0.25) is 0 Å². The van der Waals surface area contributed by atoms with Crippen molar-refractivity contribution < 1.29 is 32.9 Å². The molecule has 5 heterocycles. The van der Waals surface area contributed by atoms with Gasteiger partial charge in [0.05, 0.1) is 58.9 Å². The highest BCUT2D eigenvalue weighted by molar-refractivity contribution is 7.99. The van der Waals surface area contributed by atoms with Crippen LogP contribution in [0.3, 0.4) is 0 Å². The maximum atomic E-state index is 14.9. The largest absolute Gasteiger partial charge is 0.497 e. The van der Waals surface area contributed by atoms with E-state index >= 15 is 0 Å². The van der Waals surface area contributed by atoms with E-state index in [4.69, 9.17) is 28.7 Å². The fraction of sp³-hybridized carbons (Fsp3) is 0.347. The quantitative estimate of drug-likeness (QED) is 0.119. The average Bonchev–Trinajstić information content (AvgIpc) is 3.78. The van der Waals surface area contributed by atoms with E-state index < -0.39 is 23.1 Å². The predicted molar refractivity (Wildman–Crippen MR) is 250 cm³/mol. The normalized spacial score (nSPS) is 17.3. The van der Waals surface area contributed by atoms with Crippen LogP contribution in [0, 0.1) is 5.82 Å². The van der Waals surface area contributed by atoms with Gasteiger partial charge in [-0.1, -0.05) is 18.2 Å². The summed E-state index contributed by atoms with van der Waals surface area (Å²) < 4.78 is 46.2. The third-order valence-electron chi connectivity index (χ3n) is 12.5. The Labute approximate surface area is 378 Å². The van der Waals surface area contributed by atoms with E-state index in [0.29, 0.717) is 81.6 Å². The number of ether oxygens (including phenoxy) is 5. The number of thiophene rings is 1. The van der Waals surface area contributed by atoms with Gasteiger partial charge < -0.3 is 28.6 Å². The van der Waals surface area contributed by atoms with Gasteiger partial charge >= 0.3 is 5.69 Å². The lowest BCUT2D eigenvalue weighted by Crippen LogP contribution is -2.46. The zero-order valence-electron chi connectivity index (χ0n) is 36.4. The summed E-state index contributed by atoms with van der Waals surface area (Å²) in [5.74, 6) is 4.32. The number of carbonyl (C=O) groups is 1. The molecule has 9 rings (SSSR count). The second-order valence-corrected chi connectivity index (χ2v) is 18.2. The second-order valence-electron chi connectivity index (χ2n) is 16.0. The Kier molecular flexibility index (Phi) is 12.3. The first kappa shape index (κ1) is 43.2. The lowest BCUT2D eigenvalue weighted by atomic mass is 9.81. The SMILES string of the molecule is CCOc1cc2c(cc1OC)C(c1ccc(C(=O)N3CCC(n4c(=O)c5sc(-c6cc(OC)ccc6OC)cc5n(Cc5ccc(OC)c(F)c5)c4=O)CC3)cc1)=N[C@@H]1CCSC[C@H]21. The van der Waals surface area contributed by atoms with Crippen LogP contribution < -0.4 is 34.9 Å². The number of aromatic nitrogens is 2. The molecule has 64 heavy (non-hydrogen) atoms. The van der Waals surface area contributed by atoms with Crippen molar-refractivity contribution in [3.05, 3.63) is 133 Å². The van der Waals surface area contributed by atoms with E-state index in [9.17, 15) is 18.8 Å². The molecule has 0 unspecified atom stereocenters. The Morgan fingerprint density at radius 3 is 2.27 bits per heavy atom. The molecule has 0 N–H and O–H groups in total. The van der Waals surface area contributed by atoms with Gasteiger partial charge in [-0.2, -0.15) is 11.8 Å². The molecule has 0 radical (unpaired) electrons. The topological polar surface area (TPSA) is 123 Å². The van der Waals surface area contributed by atoms with E-state index in [1.54, 1.807) is 50.5 Å². The molecule has 0 bridgehead atoms. The Morgan fingerprint density at radius 1 is 0.812 bits per heavy atom. The van der Waals surface area contributed by atoms with Gasteiger partial charge in [0.25, 0.3) is 11.5 Å². The molecule has 2 saturated heterocycles. The highest BCUT2D eigenvalue weighted by atomic mass is 32.2. The summed E-state index contributed by atoms with van der Waals surface area (Å²) >= 11 is 3.21. The van der Waals surface area contributed by atoms with Crippen molar-refractivity contribution >= 4 is 44.9 Å². The van der Waals surface area contributed by atoms with Crippen LogP contribution in [0.1, 0.15) is 70.8 Å². The predicted octanol–water partition coefficient (Wildman–Crippen LogP) is 8.43. The third kappa shape index (κ3) is 7.93. The first-order valence-electron chi connectivity index (χ1n) is 21.4. The lowest BCUT2D eigenvalue weighted by Gasteiger charge is -2.35.